The second-order valence-corrected chi connectivity index (χ2v) is 5.16. The van der Waals surface area contributed by atoms with Gasteiger partial charge in [0.05, 0.1) is 12.0 Å². The first-order valence-electron chi connectivity index (χ1n) is 5.32. The first-order chi connectivity index (χ1) is 8.02. The van der Waals surface area contributed by atoms with E-state index >= 15 is 0 Å². The van der Waals surface area contributed by atoms with Gasteiger partial charge in [-0.25, -0.2) is 4.72 Å². The van der Waals surface area contributed by atoms with E-state index < -0.39 is 11.3 Å². The minimum atomic E-state index is -2.24. The third kappa shape index (κ3) is 2.56. The molecule has 0 amide bonds. The van der Waals surface area contributed by atoms with E-state index in [2.05, 4.69) is 4.72 Å². The van der Waals surface area contributed by atoms with Gasteiger partial charge in [0.2, 0.25) is 0 Å². The van der Waals surface area contributed by atoms with Crippen molar-refractivity contribution < 1.29 is 13.5 Å². The molecule has 1 aromatic rings. The van der Waals surface area contributed by atoms with Gasteiger partial charge in [-0.05, 0) is 18.1 Å². The van der Waals surface area contributed by atoms with Crippen molar-refractivity contribution in [2.75, 3.05) is 6.61 Å². The van der Waals surface area contributed by atoms with Crippen molar-refractivity contribution in [1.29, 1.82) is 0 Å². The minimum absolute atomic E-state index is 0.174. The van der Waals surface area contributed by atoms with Gasteiger partial charge in [0, 0.05) is 17.8 Å². The summed E-state index contributed by atoms with van der Waals surface area (Å²) in [6.07, 6.45) is -0.292. The lowest BCUT2D eigenvalue weighted by Crippen LogP contribution is -2.58. The summed E-state index contributed by atoms with van der Waals surface area (Å²) in [6, 6.07) is 7.72. The van der Waals surface area contributed by atoms with Crippen LogP contribution in [0.15, 0.2) is 24.3 Å². The van der Waals surface area contributed by atoms with Crippen LogP contribution in [0.5, 0.6) is 0 Å². The number of hydrogen-bond acceptors (Lipinski definition) is 4. The van der Waals surface area contributed by atoms with Gasteiger partial charge in [-0.15, -0.1) is 0 Å². The number of rotatable bonds is 4. The van der Waals surface area contributed by atoms with E-state index in [0.29, 0.717) is 6.61 Å². The van der Waals surface area contributed by atoms with Crippen molar-refractivity contribution in [3.63, 3.8) is 0 Å². The Morgan fingerprint density at radius 3 is 3.00 bits per heavy atom. The second kappa shape index (κ2) is 4.83. The molecule has 1 heterocycles. The summed E-state index contributed by atoms with van der Waals surface area (Å²) in [5, 5.41) is 0. The van der Waals surface area contributed by atoms with Crippen LogP contribution in [-0.2, 0) is 28.0 Å². The molecule has 3 unspecified atom stereocenters. The Kier molecular flexibility index (Phi) is 3.60. The lowest BCUT2D eigenvalue weighted by Gasteiger charge is -2.45. The fourth-order valence-corrected chi connectivity index (χ4v) is 2.14. The van der Waals surface area contributed by atoms with Gasteiger partial charge in [-0.2, -0.15) is 0 Å². The molecule has 0 bridgehead atoms. The predicted molar refractivity (Wildman–Crippen MR) is 63.5 cm³/mol. The summed E-state index contributed by atoms with van der Waals surface area (Å²) < 4.78 is 28.4. The maximum atomic E-state index is 10.4. The molecule has 1 aromatic carbocycles. The zero-order valence-electron chi connectivity index (χ0n) is 9.51. The smallest absolute Gasteiger partial charge is 0.117 e. The van der Waals surface area contributed by atoms with E-state index in [0.717, 1.165) is 11.1 Å². The highest BCUT2D eigenvalue weighted by molar-refractivity contribution is 7.77. The first kappa shape index (κ1) is 12.7. The Morgan fingerprint density at radius 1 is 1.71 bits per heavy atom. The molecule has 5 nitrogen and oxygen atoms in total. The summed E-state index contributed by atoms with van der Waals surface area (Å²) in [5.41, 5.74) is 7.64. The molecule has 0 spiro atoms. The highest BCUT2D eigenvalue weighted by Gasteiger charge is 2.43. The Balaban J connectivity index is 2.14. The van der Waals surface area contributed by atoms with Crippen LogP contribution < -0.4 is 10.5 Å². The number of ether oxygens (including phenoxy) is 1. The summed E-state index contributed by atoms with van der Waals surface area (Å²) in [5.74, 6) is 0. The van der Waals surface area contributed by atoms with Crippen LogP contribution in [0.3, 0.4) is 0 Å². The molecule has 17 heavy (non-hydrogen) atoms. The molecule has 0 radical (unpaired) electrons. The van der Waals surface area contributed by atoms with E-state index in [4.69, 9.17) is 10.5 Å². The monoisotopic (exact) mass is 255 g/mol. The molecule has 2 rings (SSSR count). The highest BCUT2D eigenvalue weighted by atomic mass is 32.2. The van der Waals surface area contributed by atoms with Crippen molar-refractivity contribution in [1.82, 2.24) is 4.72 Å². The molecule has 1 aliphatic heterocycles. The summed E-state index contributed by atoms with van der Waals surface area (Å²) in [6.45, 7) is 2.92. The molecule has 3 atom stereocenters. The van der Waals surface area contributed by atoms with Crippen LogP contribution in [0, 0.1) is 0 Å². The SMILES string of the molecule is CC1(c2cccc(CNS(=O)[O-])c2)COC1N. The minimum Gasteiger partial charge on any atom is -0.760 e. The molecule has 3 N–H and O–H groups in total. The van der Waals surface area contributed by atoms with Crippen LogP contribution in [0.4, 0.5) is 0 Å². The van der Waals surface area contributed by atoms with E-state index in [1.807, 2.05) is 31.2 Å². The molecule has 1 fully saturated rings. The highest BCUT2D eigenvalue weighted by Crippen LogP contribution is 2.35. The quantitative estimate of drug-likeness (QED) is 0.749. The van der Waals surface area contributed by atoms with Crippen molar-refractivity contribution in [2.24, 2.45) is 5.73 Å². The second-order valence-electron chi connectivity index (χ2n) is 4.41. The van der Waals surface area contributed by atoms with Crippen LogP contribution in [0.2, 0.25) is 0 Å². The lowest BCUT2D eigenvalue weighted by atomic mass is 9.77. The lowest BCUT2D eigenvalue weighted by molar-refractivity contribution is -0.127. The molecule has 1 aliphatic rings. The third-order valence-corrected chi connectivity index (χ3v) is 3.55. The maximum Gasteiger partial charge on any atom is 0.117 e. The van der Waals surface area contributed by atoms with Crippen LogP contribution >= 0.6 is 0 Å². The first-order valence-corrected chi connectivity index (χ1v) is 6.39. The van der Waals surface area contributed by atoms with E-state index in [1.165, 1.54) is 0 Å². The zero-order chi connectivity index (χ0) is 12.5. The number of hydrogen-bond donors (Lipinski definition) is 2. The average Bonchev–Trinajstić information content (AvgIpc) is 2.34. The molecule has 94 valence electrons. The van der Waals surface area contributed by atoms with Gasteiger partial charge in [-0.3, -0.25) is 4.21 Å². The van der Waals surface area contributed by atoms with Crippen LogP contribution in [0.25, 0.3) is 0 Å². The number of nitrogens with two attached hydrogens (primary N) is 1. The van der Waals surface area contributed by atoms with Gasteiger partial charge in [0.1, 0.15) is 6.23 Å². The summed E-state index contributed by atoms with van der Waals surface area (Å²) in [7, 11) is 0. The van der Waals surface area contributed by atoms with E-state index in [9.17, 15) is 8.76 Å². The van der Waals surface area contributed by atoms with Gasteiger partial charge in [-0.1, -0.05) is 24.3 Å². The molecule has 1 saturated heterocycles. The Labute approximate surface area is 103 Å². The zero-order valence-corrected chi connectivity index (χ0v) is 10.3. The normalized spacial score (nSPS) is 29.7. The molecular formula is C11H15N2O3S-. The molecule has 0 saturated carbocycles. The summed E-state index contributed by atoms with van der Waals surface area (Å²) >= 11 is -2.24. The molecule has 6 heteroatoms. The fourth-order valence-electron chi connectivity index (χ4n) is 1.86. The number of benzene rings is 1. The Hall–Kier alpha value is -0.790. The van der Waals surface area contributed by atoms with Crippen molar-refractivity contribution in [3.05, 3.63) is 35.4 Å². The van der Waals surface area contributed by atoms with Crippen molar-refractivity contribution in [3.8, 4) is 0 Å². The molecule has 0 aliphatic carbocycles. The Bertz CT molecular complexity index is 440. The maximum absolute atomic E-state index is 10.4. The topological polar surface area (TPSA) is 87.4 Å². The van der Waals surface area contributed by atoms with Gasteiger partial charge in [0.15, 0.2) is 0 Å². The van der Waals surface area contributed by atoms with Gasteiger partial charge >= 0.3 is 0 Å². The predicted octanol–water partition coefficient (Wildman–Crippen LogP) is 0.143. The van der Waals surface area contributed by atoms with Gasteiger partial charge in [0.25, 0.3) is 0 Å². The Morgan fingerprint density at radius 2 is 2.47 bits per heavy atom. The van der Waals surface area contributed by atoms with E-state index in [-0.39, 0.29) is 18.2 Å². The third-order valence-electron chi connectivity index (χ3n) is 3.17. The largest absolute Gasteiger partial charge is 0.760 e. The van der Waals surface area contributed by atoms with E-state index in [1.54, 1.807) is 0 Å². The van der Waals surface area contributed by atoms with Crippen molar-refractivity contribution >= 4 is 11.3 Å². The van der Waals surface area contributed by atoms with Crippen molar-refractivity contribution in [2.45, 2.75) is 25.1 Å². The molecular weight excluding hydrogens is 240 g/mol. The number of nitrogens with one attached hydrogen (secondary N) is 1. The van der Waals surface area contributed by atoms with Gasteiger partial charge < -0.3 is 15.0 Å². The standard InChI is InChI=1S/C11H16N2O3S/c1-11(7-16-10(11)12)9-4-2-3-8(5-9)6-13-17(14)15/h2-5,10,13H,6-7,12H2,1H3,(H,14,15)/p-1. The molecule has 0 aromatic heterocycles. The fraction of sp³-hybridized carbons (Fsp3) is 0.455. The summed E-state index contributed by atoms with van der Waals surface area (Å²) in [4.78, 5) is 0. The van der Waals surface area contributed by atoms with Crippen LogP contribution in [-0.4, -0.2) is 21.6 Å². The van der Waals surface area contributed by atoms with Crippen LogP contribution in [0.1, 0.15) is 18.1 Å². The average molecular weight is 255 g/mol.